The van der Waals surface area contributed by atoms with Gasteiger partial charge in [0, 0.05) is 80.7 Å². The third-order valence-corrected chi connectivity index (χ3v) is 12.6. The van der Waals surface area contributed by atoms with Crippen molar-refractivity contribution in [2.24, 2.45) is 0 Å². The van der Waals surface area contributed by atoms with Gasteiger partial charge in [0.25, 0.3) is 0 Å². The van der Waals surface area contributed by atoms with Crippen LogP contribution in [0, 0.1) is 0 Å². The van der Waals surface area contributed by atoms with Gasteiger partial charge in [0.1, 0.15) is 0 Å². The minimum Gasteiger partial charge on any atom is -0.377 e. The molecule has 0 unspecified atom stereocenters. The van der Waals surface area contributed by atoms with Gasteiger partial charge >= 0.3 is 17.6 Å². The molecule has 16 heteroatoms. The summed E-state index contributed by atoms with van der Waals surface area (Å²) in [5.74, 6) is 2.40. The van der Waals surface area contributed by atoms with Crippen molar-refractivity contribution in [2.75, 3.05) is 54.1 Å². The average molecular weight is 603 g/mol. The highest BCUT2D eigenvalue weighted by atomic mass is 28.4. The van der Waals surface area contributed by atoms with E-state index in [9.17, 15) is 0 Å². The van der Waals surface area contributed by atoms with Crippen molar-refractivity contribution in [3.05, 3.63) is 11.6 Å². The van der Waals surface area contributed by atoms with Gasteiger partial charge in [0.05, 0.1) is 0 Å². The normalized spacial score (nSPS) is 12.4. The summed E-state index contributed by atoms with van der Waals surface area (Å²) in [6, 6.07) is 1.16. The standard InChI is InChI=1S/C24H50N8O6Si2/c1-33-39(34-2,35-3)19-17-31-23(25)27-21(29-31)15-13-11-9-7-8-10-12-14-16-22-28-24(26)32(30-22)18-20-40(36-4,37-5)38-6/h7-20H2,1-6H3,(H2,25,27,29)(H2,26,28,30). The number of anilines is 2. The Morgan fingerprint density at radius 3 is 1.12 bits per heavy atom. The topological polar surface area (TPSA) is 169 Å². The zero-order valence-electron chi connectivity index (χ0n) is 25.2. The Bertz CT molecular complexity index is 879. The highest BCUT2D eigenvalue weighted by Gasteiger charge is 2.38. The van der Waals surface area contributed by atoms with Crippen molar-refractivity contribution in [3.8, 4) is 0 Å². The van der Waals surface area contributed by atoms with E-state index in [0.717, 1.165) is 50.2 Å². The van der Waals surface area contributed by atoms with E-state index in [-0.39, 0.29) is 0 Å². The number of rotatable bonds is 23. The summed E-state index contributed by atoms with van der Waals surface area (Å²) in [7, 11) is 4.27. The SMILES string of the molecule is CO[Si](CCn1nc(CCCCCCCCCCc2nc(N)n(CC[Si](OC)(OC)OC)n2)nc1N)(OC)OC. The summed E-state index contributed by atoms with van der Waals surface area (Å²) in [6.45, 7) is 1.09. The van der Waals surface area contributed by atoms with Crippen molar-refractivity contribution in [1.29, 1.82) is 0 Å². The first-order valence-corrected chi connectivity index (χ1v) is 17.9. The van der Waals surface area contributed by atoms with Crippen LogP contribution in [0.3, 0.4) is 0 Å². The molecule has 0 aliphatic rings. The van der Waals surface area contributed by atoms with Crippen LogP contribution < -0.4 is 11.5 Å². The van der Waals surface area contributed by atoms with Gasteiger partial charge in [-0.25, -0.2) is 9.36 Å². The quantitative estimate of drug-likeness (QED) is 0.141. The summed E-state index contributed by atoms with van der Waals surface area (Å²) in [6.07, 6.45) is 10.9. The molecule has 0 fully saturated rings. The highest BCUT2D eigenvalue weighted by molar-refractivity contribution is 6.60. The van der Waals surface area contributed by atoms with Gasteiger partial charge in [-0.05, 0) is 12.8 Å². The van der Waals surface area contributed by atoms with Gasteiger partial charge in [0.2, 0.25) is 11.9 Å². The lowest BCUT2D eigenvalue weighted by Crippen LogP contribution is -2.43. The van der Waals surface area contributed by atoms with Crippen LogP contribution in [0.4, 0.5) is 11.9 Å². The van der Waals surface area contributed by atoms with Crippen LogP contribution in [0.15, 0.2) is 0 Å². The molecular formula is C24H50N8O6Si2. The van der Waals surface area contributed by atoms with Crippen LogP contribution in [-0.4, -0.2) is 89.8 Å². The van der Waals surface area contributed by atoms with Gasteiger partial charge in [-0.3, -0.25) is 0 Å². The Kier molecular flexibility index (Phi) is 15.2. The Labute approximate surface area is 240 Å². The molecule has 0 aliphatic carbocycles. The summed E-state index contributed by atoms with van der Waals surface area (Å²) in [5, 5.41) is 9.10. The van der Waals surface area contributed by atoms with Crippen molar-refractivity contribution in [3.63, 3.8) is 0 Å². The molecule has 2 aromatic rings. The maximum absolute atomic E-state index is 6.05. The molecule has 0 saturated carbocycles. The van der Waals surface area contributed by atoms with Crippen LogP contribution in [0.5, 0.6) is 0 Å². The number of unbranched alkanes of at least 4 members (excludes halogenated alkanes) is 7. The predicted molar refractivity (Wildman–Crippen MR) is 156 cm³/mol. The Hall–Kier alpha value is -1.93. The molecule has 0 atom stereocenters. The number of hydrogen-bond acceptors (Lipinski definition) is 12. The predicted octanol–water partition coefficient (Wildman–Crippen LogP) is 2.70. The molecule has 2 aromatic heterocycles. The van der Waals surface area contributed by atoms with Crippen molar-refractivity contribution < 1.29 is 26.6 Å². The van der Waals surface area contributed by atoms with Gasteiger partial charge in [-0.2, -0.15) is 20.2 Å². The zero-order valence-corrected chi connectivity index (χ0v) is 27.2. The van der Waals surface area contributed by atoms with E-state index in [4.69, 9.17) is 38.0 Å². The molecule has 0 bridgehead atoms. The van der Waals surface area contributed by atoms with Crippen LogP contribution in [-0.2, 0) is 52.5 Å². The lowest BCUT2D eigenvalue weighted by atomic mass is 10.1. The largest absolute Gasteiger partial charge is 0.502 e. The van der Waals surface area contributed by atoms with Crippen LogP contribution in [0.2, 0.25) is 12.1 Å². The Morgan fingerprint density at radius 2 is 0.825 bits per heavy atom. The molecule has 0 saturated heterocycles. The molecule has 2 rings (SSSR count). The van der Waals surface area contributed by atoms with E-state index in [1.165, 1.54) is 25.7 Å². The Morgan fingerprint density at radius 1 is 0.525 bits per heavy atom. The van der Waals surface area contributed by atoms with Crippen LogP contribution in [0.25, 0.3) is 0 Å². The number of aryl methyl sites for hydroxylation is 4. The zero-order chi connectivity index (χ0) is 29.4. The molecule has 230 valence electrons. The van der Waals surface area contributed by atoms with E-state index in [2.05, 4.69) is 20.2 Å². The Balaban J connectivity index is 1.56. The molecule has 0 aromatic carbocycles. The maximum atomic E-state index is 6.05. The third-order valence-electron chi connectivity index (χ3n) is 7.16. The van der Waals surface area contributed by atoms with Gasteiger partial charge in [-0.15, -0.1) is 0 Å². The molecule has 0 radical (unpaired) electrons. The third kappa shape index (κ3) is 10.5. The van der Waals surface area contributed by atoms with Crippen molar-refractivity contribution in [2.45, 2.75) is 89.4 Å². The second-order valence-corrected chi connectivity index (χ2v) is 15.8. The maximum Gasteiger partial charge on any atom is 0.502 e. The second kappa shape index (κ2) is 17.8. The molecular weight excluding hydrogens is 552 g/mol. The first-order valence-electron chi connectivity index (χ1n) is 14.0. The number of nitrogens with two attached hydrogens (primary N) is 2. The van der Waals surface area contributed by atoms with Crippen molar-refractivity contribution >= 4 is 29.5 Å². The molecule has 2 heterocycles. The fraction of sp³-hybridized carbons (Fsp3) is 0.833. The molecule has 40 heavy (non-hydrogen) atoms. The van der Waals surface area contributed by atoms with E-state index in [1.807, 2.05) is 0 Å². The minimum absolute atomic E-state index is 0.415. The lowest BCUT2D eigenvalue weighted by molar-refractivity contribution is 0.121. The smallest absolute Gasteiger partial charge is 0.377 e. The minimum atomic E-state index is -2.66. The van der Waals surface area contributed by atoms with Crippen molar-refractivity contribution in [1.82, 2.24) is 29.5 Å². The first-order chi connectivity index (χ1) is 19.3. The number of nitrogen functional groups attached to an aromatic ring is 2. The van der Waals surface area contributed by atoms with Crippen LogP contribution >= 0.6 is 0 Å². The van der Waals surface area contributed by atoms with E-state index in [0.29, 0.717) is 37.1 Å². The average Bonchev–Trinajstić information content (AvgIpc) is 3.52. The molecule has 0 aliphatic heterocycles. The van der Waals surface area contributed by atoms with E-state index in [1.54, 1.807) is 52.0 Å². The first kappa shape index (κ1) is 34.3. The fourth-order valence-electron chi connectivity index (χ4n) is 4.57. The lowest BCUT2D eigenvalue weighted by Gasteiger charge is -2.24. The fourth-order valence-corrected chi connectivity index (χ4v) is 7.77. The molecule has 0 spiro atoms. The number of nitrogens with zero attached hydrogens (tertiary/aromatic N) is 6. The number of hydrogen-bond donors (Lipinski definition) is 2. The van der Waals surface area contributed by atoms with Crippen LogP contribution in [0.1, 0.15) is 63.0 Å². The summed E-state index contributed by atoms with van der Waals surface area (Å²) in [5.41, 5.74) is 12.1. The molecule has 14 nitrogen and oxygen atoms in total. The van der Waals surface area contributed by atoms with Gasteiger partial charge < -0.3 is 38.0 Å². The summed E-state index contributed by atoms with van der Waals surface area (Å²) in [4.78, 5) is 8.82. The monoisotopic (exact) mass is 602 g/mol. The van der Waals surface area contributed by atoms with Gasteiger partial charge in [0.15, 0.2) is 11.6 Å². The van der Waals surface area contributed by atoms with Gasteiger partial charge in [-0.1, -0.05) is 38.5 Å². The molecule has 4 N–H and O–H groups in total. The number of aromatic nitrogens is 6. The second-order valence-electron chi connectivity index (χ2n) is 9.64. The van der Waals surface area contributed by atoms with E-state index >= 15 is 0 Å². The van der Waals surface area contributed by atoms with E-state index < -0.39 is 17.6 Å². The highest BCUT2D eigenvalue weighted by Crippen LogP contribution is 2.17. The summed E-state index contributed by atoms with van der Waals surface area (Å²) >= 11 is 0. The molecule has 0 amide bonds. The summed E-state index contributed by atoms with van der Waals surface area (Å²) < 4.78 is 36.2.